The van der Waals surface area contributed by atoms with Gasteiger partial charge in [0, 0.05) is 33.1 Å². The van der Waals surface area contributed by atoms with Crippen molar-refractivity contribution < 1.29 is 0 Å². The lowest BCUT2D eigenvalue weighted by atomic mass is 9.98. The Bertz CT molecular complexity index is 2120. The number of hydrogen-bond acceptors (Lipinski definition) is 4. The molecule has 0 atom stereocenters. The lowest BCUT2D eigenvalue weighted by Gasteiger charge is -2.12. The number of H-pyrrole nitrogens is 2. The Labute approximate surface area is 220 Å². The summed E-state index contributed by atoms with van der Waals surface area (Å²) < 4.78 is 1.13. The lowest BCUT2D eigenvalue weighted by molar-refractivity contribution is 0.902. The second kappa shape index (κ2) is 8.54. The van der Waals surface area contributed by atoms with E-state index in [9.17, 15) is 9.59 Å². The van der Waals surface area contributed by atoms with Crippen LogP contribution in [0.2, 0.25) is 5.02 Å². The molecule has 0 aliphatic heterocycles. The molecule has 0 spiro atoms. The SMILES string of the molecule is O=c1[nH]c2cc(-c3c(Cl)cccc3-c3nc4ccccc4[nH]3)ccc2c(=O)n1-c1cncc2ccccc12. The van der Waals surface area contributed by atoms with Crippen LogP contribution in [0.25, 0.3) is 60.9 Å². The molecular weight excluding hydrogens is 498 g/mol. The topological polar surface area (TPSA) is 96.4 Å². The smallest absolute Gasteiger partial charge is 0.333 e. The average Bonchev–Trinajstić information content (AvgIpc) is 3.37. The Balaban J connectivity index is 1.42. The van der Waals surface area contributed by atoms with Crippen molar-refractivity contribution in [1.29, 1.82) is 0 Å². The van der Waals surface area contributed by atoms with Crippen LogP contribution in [0, 0.1) is 0 Å². The first-order chi connectivity index (χ1) is 18.6. The van der Waals surface area contributed by atoms with Gasteiger partial charge in [-0.05, 0) is 35.9 Å². The van der Waals surface area contributed by atoms with Crippen LogP contribution in [0.1, 0.15) is 0 Å². The van der Waals surface area contributed by atoms with Gasteiger partial charge >= 0.3 is 5.69 Å². The Morgan fingerprint density at radius 1 is 0.763 bits per heavy atom. The summed E-state index contributed by atoms with van der Waals surface area (Å²) in [6, 6.07) is 26.2. The van der Waals surface area contributed by atoms with Gasteiger partial charge in [-0.3, -0.25) is 9.78 Å². The average molecular weight is 516 g/mol. The normalized spacial score (nSPS) is 11.5. The van der Waals surface area contributed by atoms with Gasteiger partial charge in [-0.2, -0.15) is 0 Å². The van der Waals surface area contributed by atoms with Gasteiger partial charge in [0.15, 0.2) is 0 Å². The number of nitrogens with one attached hydrogen (secondary N) is 2. The molecule has 7 rings (SSSR count). The number of rotatable bonds is 3. The van der Waals surface area contributed by atoms with E-state index in [1.807, 2.05) is 72.8 Å². The molecule has 3 aromatic heterocycles. The van der Waals surface area contributed by atoms with Crippen molar-refractivity contribution in [3.63, 3.8) is 0 Å². The van der Waals surface area contributed by atoms with Crippen molar-refractivity contribution in [2.24, 2.45) is 0 Å². The second-order valence-electron chi connectivity index (χ2n) is 8.98. The summed E-state index contributed by atoms with van der Waals surface area (Å²) in [6.45, 7) is 0. The number of imidazole rings is 1. The number of aromatic nitrogens is 5. The van der Waals surface area contributed by atoms with Crippen molar-refractivity contribution >= 4 is 44.3 Å². The van der Waals surface area contributed by atoms with E-state index in [2.05, 4.69) is 15.0 Å². The van der Waals surface area contributed by atoms with Crippen LogP contribution >= 0.6 is 11.6 Å². The molecule has 7 aromatic rings. The van der Waals surface area contributed by atoms with Crippen LogP contribution in [0.3, 0.4) is 0 Å². The molecule has 182 valence electrons. The van der Waals surface area contributed by atoms with E-state index in [0.717, 1.165) is 43.1 Å². The third kappa shape index (κ3) is 3.44. The monoisotopic (exact) mass is 515 g/mol. The van der Waals surface area contributed by atoms with E-state index < -0.39 is 11.2 Å². The van der Waals surface area contributed by atoms with Crippen molar-refractivity contribution in [2.75, 3.05) is 0 Å². The molecule has 0 fully saturated rings. The predicted molar refractivity (Wildman–Crippen MR) is 151 cm³/mol. The molecule has 0 unspecified atom stereocenters. The largest absolute Gasteiger partial charge is 0.338 e. The standard InChI is InChI=1S/C30H18ClN5O2/c31-22-9-5-8-21(28-33-23-10-3-4-11-24(23)34-28)27(22)17-12-13-20-25(14-17)35-30(38)36(29(20)37)26-16-32-15-18-6-1-2-7-19(18)26/h1-16H,(H,33,34)(H,35,38). The van der Waals surface area contributed by atoms with Crippen molar-refractivity contribution in [3.05, 3.63) is 123 Å². The molecule has 0 aliphatic rings. The fraction of sp³-hybridized carbons (Fsp3) is 0. The molecule has 0 radical (unpaired) electrons. The van der Waals surface area contributed by atoms with E-state index in [1.165, 1.54) is 6.20 Å². The molecule has 4 aromatic carbocycles. The Kier molecular flexibility index (Phi) is 4.99. The minimum atomic E-state index is -0.547. The Morgan fingerprint density at radius 3 is 2.50 bits per heavy atom. The number of benzene rings is 4. The number of halogens is 1. The summed E-state index contributed by atoms with van der Waals surface area (Å²) >= 11 is 6.70. The molecule has 0 saturated carbocycles. The molecular formula is C30H18ClN5O2. The summed E-state index contributed by atoms with van der Waals surface area (Å²) in [5.74, 6) is 0.677. The maximum Gasteiger partial charge on any atom is 0.333 e. The van der Waals surface area contributed by atoms with Crippen LogP contribution in [0.15, 0.2) is 107 Å². The van der Waals surface area contributed by atoms with E-state index >= 15 is 0 Å². The zero-order valence-electron chi connectivity index (χ0n) is 19.8. The van der Waals surface area contributed by atoms with Crippen molar-refractivity contribution in [2.45, 2.75) is 0 Å². The van der Waals surface area contributed by atoms with E-state index in [0.29, 0.717) is 27.4 Å². The van der Waals surface area contributed by atoms with Gasteiger partial charge in [-0.1, -0.05) is 66.2 Å². The number of aromatic amines is 2. The summed E-state index contributed by atoms with van der Waals surface area (Å²) in [6.07, 6.45) is 3.23. The van der Waals surface area contributed by atoms with Gasteiger partial charge in [-0.15, -0.1) is 0 Å². The number of fused-ring (bicyclic) bond motifs is 3. The number of hydrogen-bond donors (Lipinski definition) is 2. The first-order valence-corrected chi connectivity index (χ1v) is 12.3. The maximum atomic E-state index is 13.6. The van der Waals surface area contributed by atoms with E-state index in [-0.39, 0.29) is 0 Å². The summed E-state index contributed by atoms with van der Waals surface area (Å²) in [5.41, 5.74) is 3.94. The fourth-order valence-corrected chi connectivity index (χ4v) is 5.25. The fourth-order valence-electron chi connectivity index (χ4n) is 4.97. The molecule has 7 nitrogen and oxygen atoms in total. The van der Waals surface area contributed by atoms with Crippen molar-refractivity contribution in [3.8, 4) is 28.2 Å². The van der Waals surface area contributed by atoms with Crippen LogP contribution in [-0.2, 0) is 0 Å². The first-order valence-electron chi connectivity index (χ1n) is 11.9. The highest BCUT2D eigenvalue weighted by Crippen LogP contribution is 2.37. The van der Waals surface area contributed by atoms with E-state index in [1.54, 1.807) is 18.3 Å². The highest BCUT2D eigenvalue weighted by molar-refractivity contribution is 6.34. The first kappa shape index (κ1) is 22.2. The molecule has 0 bridgehead atoms. The minimum absolute atomic E-state index is 0.374. The van der Waals surface area contributed by atoms with Gasteiger partial charge in [0.25, 0.3) is 5.56 Å². The summed E-state index contributed by atoms with van der Waals surface area (Å²) in [5, 5.41) is 2.50. The highest BCUT2D eigenvalue weighted by Gasteiger charge is 2.17. The second-order valence-corrected chi connectivity index (χ2v) is 9.38. The quantitative estimate of drug-likeness (QED) is 0.297. The van der Waals surface area contributed by atoms with Gasteiger partial charge < -0.3 is 9.97 Å². The molecule has 8 heteroatoms. The van der Waals surface area contributed by atoms with Gasteiger partial charge in [0.1, 0.15) is 5.82 Å². The van der Waals surface area contributed by atoms with Gasteiger partial charge in [0.05, 0.1) is 33.8 Å². The Hall–Kier alpha value is -5.01. The van der Waals surface area contributed by atoms with Crippen LogP contribution < -0.4 is 11.2 Å². The van der Waals surface area contributed by atoms with Crippen LogP contribution in [0.5, 0.6) is 0 Å². The molecule has 0 amide bonds. The Morgan fingerprint density at radius 2 is 1.61 bits per heavy atom. The zero-order chi connectivity index (χ0) is 25.8. The summed E-state index contributed by atoms with van der Waals surface area (Å²) in [7, 11) is 0. The molecule has 0 aliphatic carbocycles. The predicted octanol–water partition coefficient (Wildman–Crippen LogP) is 6.09. The number of nitrogens with zero attached hydrogens (tertiary/aromatic N) is 3. The maximum absolute atomic E-state index is 13.6. The lowest BCUT2D eigenvalue weighted by Crippen LogP contribution is -2.33. The molecule has 3 heterocycles. The summed E-state index contributed by atoms with van der Waals surface area (Å²) in [4.78, 5) is 42.0. The van der Waals surface area contributed by atoms with E-state index in [4.69, 9.17) is 16.6 Å². The van der Waals surface area contributed by atoms with Crippen molar-refractivity contribution in [1.82, 2.24) is 24.5 Å². The van der Waals surface area contributed by atoms with Crippen LogP contribution in [-0.4, -0.2) is 24.5 Å². The third-order valence-electron chi connectivity index (χ3n) is 6.73. The number of pyridine rings is 1. The molecule has 38 heavy (non-hydrogen) atoms. The molecule has 0 saturated heterocycles. The molecule has 2 N–H and O–H groups in total. The highest BCUT2D eigenvalue weighted by atomic mass is 35.5. The van der Waals surface area contributed by atoms with Gasteiger partial charge in [0.2, 0.25) is 0 Å². The third-order valence-corrected chi connectivity index (χ3v) is 7.05. The number of para-hydroxylation sites is 2. The zero-order valence-corrected chi connectivity index (χ0v) is 20.5. The van der Waals surface area contributed by atoms with Gasteiger partial charge in [-0.25, -0.2) is 14.3 Å². The minimum Gasteiger partial charge on any atom is -0.338 e. The van der Waals surface area contributed by atoms with Crippen LogP contribution in [0.4, 0.5) is 0 Å².